The molecule has 1 N–H and O–H groups in total. The summed E-state index contributed by atoms with van der Waals surface area (Å²) in [5.74, 6) is 0.901. The Morgan fingerprint density at radius 2 is 2.18 bits per heavy atom. The van der Waals surface area contributed by atoms with Gasteiger partial charge in [-0.1, -0.05) is 6.92 Å². The molecule has 2 heterocycles. The molecule has 0 aromatic carbocycles. The summed E-state index contributed by atoms with van der Waals surface area (Å²) in [6, 6.07) is 4.08. The summed E-state index contributed by atoms with van der Waals surface area (Å²) in [6.45, 7) is 2.96. The van der Waals surface area contributed by atoms with Crippen LogP contribution in [0.4, 0.5) is 0 Å². The Hall–Kier alpha value is 0.380. The molecule has 2 aromatic heterocycles. The van der Waals surface area contributed by atoms with E-state index in [9.17, 15) is 0 Å². The highest BCUT2D eigenvalue weighted by atomic mass is 79.9. The van der Waals surface area contributed by atoms with E-state index < -0.39 is 0 Å². The molecule has 2 nitrogen and oxygen atoms in total. The number of furan rings is 1. The fourth-order valence-electron chi connectivity index (χ4n) is 1.61. The maximum Gasteiger partial charge on any atom is 0.139 e. The third-order valence-corrected chi connectivity index (χ3v) is 5.35. The molecule has 1 atom stereocenters. The number of hydrogen-bond donors (Lipinski definition) is 1. The highest BCUT2D eigenvalue weighted by molar-refractivity contribution is 9.12. The number of thiophene rings is 1. The van der Waals surface area contributed by atoms with Crippen molar-refractivity contribution < 1.29 is 4.42 Å². The van der Waals surface area contributed by atoms with Gasteiger partial charge in [0.15, 0.2) is 0 Å². The third kappa shape index (κ3) is 3.04. The topological polar surface area (TPSA) is 25.2 Å². The second kappa shape index (κ2) is 6.02. The lowest BCUT2D eigenvalue weighted by Crippen LogP contribution is -2.21. The van der Waals surface area contributed by atoms with Crippen molar-refractivity contribution in [1.29, 1.82) is 0 Å². The number of rotatable bonds is 4. The Labute approximate surface area is 129 Å². The van der Waals surface area contributed by atoms with Gasteiger partial charge in [-0.2, -0.15) is 0 Å². The van der Waals surface area contributed by atoms with E-state index in [0.29, 0.717) is 0 Å². The highest BCUT2D eigenvalue weighted by Crippen LogP contribution is 2.39. The van der Waals surface area contributed by atoms with Crippen LogP contribution in [-0.4, -0.2) is 6.54 Å². The molecule has 6 heteroatoms. The van der Waals surface area contributed by atoms with Gasteiger partial charge in [-0.05, 0) is 66.5 Å². The van der Waals surface area contributed by atoms with E-state index in [2.05, 4.69) is 66.1 Å². The maximum atomic E-state index is 5.56. The minimum Gasteiger partial charge on any atom is -0.466 e. The van der Waals surface area contributed by atoms with Crippen LogP contribution in [0.2, 0.25) is 0 Å². The van der Waals surface area contributed by atoms with Crippen LogP contribution in [-0.2, 0) is 0 Å². The minimum atomic E-state index is 0.0568. The Morgan fingerprint density at radius 1 is 1.41 bits per heavy atom. The van der Waals surface area contributed by atoms with Gasteiger partial charge in [0, 0.05) is 5.56 Å². The number of hydrogen-bond acceptors (Lipinski definition) is 3. The van der Waals surface area contributed by atoms with Crippen LogP contribution in [0.15, 0.2) is 34.9 Å². The molecule has 0 bridgehead atoms. The van der Waals surface area contributed by atoms with Crippen molar-refractivity contribution in [3.8, 4) is 0 Å². The van der Waals surface area contributed by atoms with Crippen LogP contribution in [0.5, 0.6) is 0 Å². The van der Waals surface area contributed by atoms with Crippen LogP contribution in [0.25, 0.3) is 0 Å². The predicted molar refractivity (Wildman–Crippen MR) is 81.6 cm³/mol. The van der Waals surface area contributed by atoms with E-state index in [1.54, 1.807) is 17.6 Å². The lowest BCUT2D eigenvalue weighted by molar-refractivity contribution is 0.450. The average Bonchev–Trinajstić information content (AvgIpc) is 2.82. The standard InChI is InChI=1S/C11H10Br3NOS/c1-2-15-9(10-7(12)3-4-16-10)6-5-8(13)17-11(6)14/h3-5,9,15H,2H2,1H3. The SMILES string of the molecule is CCNC(c1cc(Br)sc1Br)c1occc1Br. The van der Waals surface area contributed by atoms with Crippen LogP contribution >= 0.6 is 59.1 Å². The van der Waals surface area contributed by atoms with Gasteiger partial charge in [-0.15, -0.1) is 11.3 Å². The van der Waals surface area contributed by atoms with Crippen molar-refractivity contribution in [3.05, 3.63) is 41.8 Å². The second-order valence-corrected chi connectivity index (χ2v) is 8.01. The molecule has 0 aliphatic rings. The lowest BCUT2D eigenvalue weighted by atomic mass is 10.1. The summed E-state index contributed by atoms with van der Waals surface area (Å²) in [4.78, 5) is 0. The quantitative estimate of drug-likeness (QED) is 0.691. The zero-order valence-corrected chi connectivity index (χ0v) is 14.5. The highest BCUT2D eigenvalue weighted by Gasteiger charge is 2.23. The van der Waals surface area contributed by atoms with Crippen LogP contribution in [0.3, 0.4) is 0 Å². The van der Waals surface area contributed by atoms with Gasteiger partial charge >= 0.3 is 0 Å². The van der Waals surface area contributed by atoms with Crippen LogP contribution in [0, 0.1) is 0 Å². The fraction of sp³-hybridized carbons (Fsp3) is 0.273. The molecule has 17 heavy (non-hydrogen) atoms. The average molecular weight is 444 g/mol. The molecular formula is C11H10Br3NOS. The van der Waals surface area contributed by atoms with Crippen LogP contribution < -0.4 is 5.32 Å². The Bertz CT molecular complexity index is 509. The fourth-order valence-corrected chi connectivity index (χ4v) is 4.94. The van der Waals surface area contributed by atoms with Gasteiger partial charge < -0.3 is 9.73 Å². The van der Waals surface area contributed by atoms with E-state index in [4.69, 9.17) is 4.42 Å². The van der Waals surface area contributed by atoms with E-state index >= 15 is 0 Å². The molecule has 0 aliphatic heterocycles. The third-order valence-electron chi connectivity index (χ3n) is 2.31. The molecule has 0 spiro atoms. The Kier molecular flexibility index (Phi) is 4.88. The summed E-state index contributed by atoms with van der Waals surface area (Å²) in [5, 5.41) is 3.43. The van der Waals surface area contributed by atoms with E-state index in [1.807, 2.05) is 6.07 Å². The molecule has 92 valence electrons. The van der Waals surface area contributed by atoms with Crippen molar-refractivity contribution in [3.63, 3.8) is 0 Å². The molecule has 0 aliphatic carbocycles. The van der Waals surface area contributed by atoms with Gasteiger partial charge in [0.25, 0.3) is 0 Å². The molecule has 2 rings (SSSR count). The normalized spacial score (nSPS) is 12.9. The molecule has 0 saturated carbocycles. The Balaban J connectivity index is 2.42. The molecule has 0 radical (unpaired) electrons. The lowest BCUT2D eigenvalue weighted by Gasteiger charge is -2.15. The first-order valence-corrected chi connectivity index (χ1v) is 8.24. The van der Waals surface area contributed by atoms with Crippen LogP contribution in [0.1, 0.15) is 24.3 Å². The number of nitrogens with one attached hydrogen (secondary N) is 1. The summed E-state index contributed by atoms with van der Waals surface area (Å²) >= 11 is 12.3. The Morgan fingerprint density at radius 3 is 2.65 bits per heavy atom. The van der Waals surface area contributed by atoms with E-state index in [0.717, 1.165) is 24.4 Å². The molecule has 0 fully saturated rings. The second-order valence-electron chi connectivity index (χ2n) is 3.40. The predicted octanol–water partition coefficient (Wildman–Crippen LogP) is 5.33. The van der Waals surface area contributed by atoms with Crippen molar-refractivity contribution in [1.82, 2.24) is 5.32 Å². The van der Waals surface area contributed by atoms with Crippen molar-refractivity contribution in [2.45, 2.75) is 13.0 Å². The van der Waals surface area contributed by atoms with Gasteiger partial charge in [0.05, 0.1) is 24.4 Å². The van der Waals surface area contributed by atoms with E-state index in [1.165, 1.54) is 5.56 Å². The monoisotopic (exact) mass is 441 g/mol. The zero-order valence-electron chi connectivity index (χ0n) is 8.97. The summed E-state index contributed by atoms with van der Waals surface area (Å²) in [7, 11) is 0. The van der Waals surface area contributed by atoms with Crippen molar-refractivity contribution in [2.75, 3.05) is 6.54 Å². The molecular weight excluding hydrogens is 434 g/mol. The minimum absolute atomic E-state index is 0.0568. The van der Waals surface area contributed by atoms with Crippen molar-refractivity contribution in [2.24, 2.45) is 0 Å². The summed E-state index contributed by atoms with van der Waals surface area (Å²) in [5.41, 5.74) is 1.18. The van der Waals surface area contributed by atoms with Gasteiger partial charge in [-0.3, -0.25) is 0 Å². The molecule has 0 saturated heterocycles. The largest absolute Gasteiger partial charge is 0.466 e. The first kappa shape index (κ1) is 13.8. The van der Waals surface area contributed by atoms with Gasteiger partial charge in [0.2, 0.25) is 0 Å². The summed E-state index contributed by atoms with van der Waals surface area (Å²) in [6.07, 6.45) is 1.69. The van der Waals surface area contributed by atoms with Gasteiger partial charge in [-0.25, -0.2) is 0 Å². The molecule has 0 amide bonds. The first-order chi connectivity index (χ1) is 8.13. The number of halogens is 3. The van der Waals surface area contributed by atoms with E-state index in [-0.39, 0.29) is 6.04 Å². The smallest absolute Gasteiger partial charge is 0.139 e. The van der Waals surface area contributed by atoms with Gasteiger partial charge in [0.1, 0.15) is 5.76 Å². The molecule has 1 unspecified atom stereocenters. The maximum absolute atomic E-state index is 5.56. The van der Waals surface area contributed by atoms with Crippen molar-refractivity contribution >= 4 is 59.1 Å². The molecule has 2 aromatic rings. The first-order valence-electron chi connectivity index (χ1n) is 5.04. The summed E-state index contributed by atoms with van der Waals surface area (Å²) < 4.78 is 8.75. The zero-order chi connectivity index (χ0) is 12.4.